The van der Waals surface area contributed by atoms with E-state index in [0.717, 1.165) is 0 Å². The van der Waals surface area contributed by atoms with Crippen LogP contribution >= 0.6 is 0 Å². The second-order valence-electron chi connectivity index (χ2n) is 8.78. The molecule has 1 aliphatic rings. The van der Waals surface area contributed by atoms with Crippen LogP contribution in [-0.2, 0) is 24.2 Å². The molecule has 4 rings (SSSR count). The van der Waals surface area contributed by atoms with Crippen LogP contribution in [0.15, 0.2) is 71.8 Å². The molecular formula is C26H29Cl2Zr-. The minimum absolute atomic E-state index is 0. The Morgan fingerprint density at radius 3 is 2.10 bits per heavy atom. The molecule has 0 aliphatic heterocycles. The van der Waals surface area contributed by atoms with Gasteiger partial charge in [-0.2, -0.15) is 0 Å². The molecule has 3 aromatic carbocycles. The van der Waals surface area contributed by atoms with E-state index in [2.05, 4.69) is 102 Å². The first-order valence-corrected chi connectivity index (χ1v) is 10.9. The molecule has 0 saturated heterocycles. The van der Waals surface area contributed by atoms with Crippen LogP contribution in [0.2, 0.25) is 0 Å². The first-order chi connectivity index (χ1) is 12.7. The maximum atomic E-state index is 2.46. The standard InChI is InChI=1S/C23H23.C3H6.2ClH.Zr/c1-15-12-17(23(2,3)4)14-21(15)20-11-7-10-19-18-9-6-5-8-16(18)13-22(19)20;1-3-2;;;/h5-14,21H,1-4H3;1-2H3;2*1H;/q-1;;;;+2/p-2. The van der Waals surface area contributed by atoms with E-state index in [1.165, 1.54) is 41.5 Å². The predicted molar refractivity (Wildman–Crippen MR) is 117 cm³/mol. The van der Waals surface area contributed by atoms with Crippen LogP contribution in [0.1, 0.15) is 53.0 Å². The van der Waals surface area contributed by atoms with Crippen molar-refractivity contribution in [2.24, 2.45) is 5.41 Å². The van der Waals surface area contributed by atoms with Crippen LogP contribution in [0.25, 0.3) is 21.5 Å². The van der Waals surface area contributed by atoms with Crippen LogP contribution in [0, 0.1) is 5.41 Å². The molecule has 0 nitrogen and oxygen atoms in total. The van der Waals surface area contributed by atoms with Gasteiger partial charge in [0, 0.05) is 0 Å². The normalized spacial score (nSPS) is 15.7. The molecule has 0 bridgehead atoms. The number of allylic oxidation sites excluding steroid dienone is 4. The maximum absolute atomic E-state index is 2.46. The third-order valence-electron chi connectivity index (χ3n) is 5.11. The molecule has 1 unspecified atom stereocenters. The summed E-state index contributed by atoms with van der Waals surface area (Å²) in [5.41, 5.74) is 4.55. The van der Waals surface area contributed by atoms with Gasteiger partial charge in [-0.15, -0.1) is 33.7 Å². The Hall–Kier alpha value is -0.877. The van der Waals surface area contributed by atoms with Crippen molar-refractivity contribution in [1.82, 2.24) is 0 Å². The summed E-state index contributed by atoms with van der Waals surface area (Å²) in [7, 11) is 0. The van der Waals surface area contributed by atoms with Gasteiger partial charge in [0.15, 0.2) is 0 Å². The van der Waals surface area contributed by atoms with E-state index in [0.29, 0.717) is 5.92 Å². The van der Waals surface area contributed by atoms with Crippen molar-refractivity contribution in [2.75, 3.05) is 0 Å². The van der Waals surface area contributed by atoms with Gasteiger partial charge in [-0.1, -0.05) is 80.5 Å². The number of hydrogen-bond acceptors (Lipinski definition) is 0. The number of hydrogen-bond donors (Lipinski definition) is 0. The smallest absolute Gasteiger partial charge is 1.00 e. The summed E-state index contributed by atoms with van der Waals surface area (Å²) in [5.74, 6) is 0.407. The largest absolute Gasteiger partial charge is 1.00 e. The van der Waals surface area contributed by atoms with Crippen molar-refractivity contribution < 1.29 is 49.0 Å². The summed E-state index contributed by atoms with van der Waals surface area (Å²) in [6, 6.07) is 17.8. The Labute approximate surface area is 203 Å². The molecule has 152 valence electrons. The summed E-state index contributed by atoms with van der Waals surface area (Å²) < 4.78 is 1.51. The van der Waals surface area contributed by atoms with Gasteiger partial charge < -0.3 is 24.8 Å². The fourth-order valence-corrected chi connectivity index (χ4v) is 3.77. The van der Waals surface area contributed by atoms with Crippen molar-refractivity contribution in [3.63, 3.8) is 0 Å². The van der Waals surface area contributed by atoms with Gasteiger partial charge in [0.2, 0.25) is 0 Å². The Kier molecular flexibility index (Phi) is 9.41. The van der Waals surface area contributed by atoms with Crippen LogP contribution in [-0.4, -0.2) is 3.21 Å². The van der Waals surface area contributed by atoms with Crippen LogP contribution in [0.3, 0.4) is 0 Å². The molecule has 1 atom stereocenters. The fraction of sp³-hybridized carbons (Fsp3) is 0.308. The van der Waals surface area contributed by atoms with Crippen molar-refractivity contribution in [1.29, 1.82) is 0 Å². The molecule has 0 heterocycles. The van der Waals surface area contributed by atoms with Crippen molar-refractivity contribution >= 4 is 24.8 Å². The molecule has 1 aliphatic carbocycles. The molecule has 3 heteroatoms. The fourth-order valence-electron chi connectivity index (χ4n) is 3.77. The van der Waals surface area contributed by atoms with Gasteiger partial charge in [0.05, 0.1) is 0 Å². The van der Waals surface area contributed by atoms with Crippen LogP contribution < -0.4 is 24.8 Å². The molecule has 3 aromatic rings. The molecule has 0 amide bonds. The summed E-state index contributed by atoms with van der Waals surface area (Å²) >= 11 is 1.55. The molecule has 0 spiro atoms. The average molecular weight is 504 g/mol. The third-order valence-corrected chi connectivity index (χ3v) is 5.11. The molecule has 0 fully saturated rings. The second kappa shape index (κ2) is 10.4. The van der Waals surface area contributed by atoms with Crippen LogP contribution in [0.5, 0.6) is 0 Å². The summed E-state index contributed by atoms with van der Waals surface area (Å²) in [5, 5.41) is 5.49. The molecule has 29 heavy (non-hydrogen) atoms. The summed E-state index contributed by atoms with van der Waals surface area (Å²) in [4.78, 5) is 0. The predicted octanol–water partition coefficient (Wildman–Crippen LogP) is 1.48. The Balaban J connectivity index is 0.000000646. The van der Waals surface area contributed by atoms with E-state index in [1.54, 1.807) is 24.2 Å². The topological polar surface area (TPSA) is 0 Å². The minimum atomic E-state index is 0. The first-order valence-electron chi connectivity index (χ1n) is 9.68. The van der Waals surface area contributed by atoms with Gasteiger partial charge >= 0.3 is 41.3 Å². The van der Waals surface area contributed by atoms with Crippen molar-refractivity contribution in [3.05, 3.63) is 77.4 Å². The first kappa shape index (κ1) is 26.2. The average Bonchev–Trinajstić information content (AvgIpc) is 3.14. The van der Waals surface area contributed by atoms with Crippen molar-refractivity contribution in [2.45, 2.75) is 47.5 Å². The van der Waals surface area contributed by atoms with Gasteiger partial charge in [0.1, 0.15) is 0 Å². The summed E-state index contributed by atoms with van der Waals surface area (Å²) in [6.07, 6.45) is 4.84. The van der Waals surface area contributed by atoms with E-state index in [-0.39, 0.29) is 30.2 Å². The van der Waals surface area contributed by atoms with E-state index < -0.39 is 0 Å². The maximum Gasteiger partial charge on any atom is -1.00 e. The van der Waals surface area contributed by atoms with Crippen molar-refractivity contribution in [3.8, 4) is 0 Å². The Morgan fingerprint density at radius 1 is 0.931 bits per heavy atom. The number of fused-ring (bicyclic) bond motifs is 3. The molecule has 0 aromatic heterocycles. The number of rotatable bonds is 1. The van der Waals surface area contributed by atoms with Gasteiger partial charge in [-0.05, 0) is 23.8 Å². The zero-order valence-corrected chi connectivity index (χ0v) is 22.1. The second-order valence-corrected chi connectivity index (χ2v) is 11.2. The third kappa shape index (κ3) is 5.84. The summed E-state index contributed by atoms with van der Waals surface area (Å²) in [6.45, 7) is 13.4. The monoisotopic (exact) mass is 501 g/mol. The SMILES string of the molecule is CC1=CC(C(C)(C)C)=CC1c1cccc2c1[cH-]c1ccccc12.C[C](C)=[Zr+2].[Cl-].[Cl-]. The molecule has 0 saturated carbocycles. The Bertz CT molecular complexity index is 1060. The van der Waals surface area contributed by atoms with Gasteiger partial charge in [0.25, 0.3) is 0 Å². The number of benzene rings is 2. The molecule has 0 radical (unpaired) electrons. The van der Waals surface area contributed by atoms with E-state index in [9.17, 15) is 0 Å². The zero-order valence-electron chi connectivity index (χ0n) is 18.1. The van der Waals surface area contributed by atoms with Crippen LogP contribution in [0.4, 0.5) is 0 Å². The quantitative estimate of drug-likeness (QED) is 0.442. The molecular weight excluding hydrogens is 474 g/mol. The number of halogens is 2. The minimum Gasteiger partial charge on any atom is -1.00 e. The van der Waals surface area contributed by atoms with Gasteiger partial charge in [-0.25, -0.2) is 0 Å². The van der Waals surface area contributed by atoms with E-state index in [1.807, 2.05) is 0 Å². The molecule has 0 N–H and O–H groups in total. The van der Waals surface area contributed by atoms with Gasteiger partial charge in [-0.3, -0.25) is 0 Å². The Morgan fingerprint density at radius 2 is 1.52 bits per heavy atom. The zero-order chi connectivity index (χ0) is 19.8. The van der Waals surface area contributed by atoms with E-state index >= 15 is 0 Å². The van der Waals surface area contributed by atoms with E-state index in [4.69, 9.17) is 0 Å².